The molecule has 0 N–H and O–H groups in total. The number of aryl methyl sites for hydroxylation is 3. The van der Waals surface area contributed by atoms with Gasteiger partial charge in [-0.1, -0.05) is 42.1 Å². The standard InChI is InChI=1S/C24H31N5O3/c1-17-25-22(31-27-17)14-7-4-8-15-29(24(30)19-10-5-3-6-11-19)21-13-9-12-20(16-21)23-26-18(2)28-32-23/h9,12-13,16,19H,3-8,10-11,14-15H2,1-2H3. The number of carbonyl (C=O) groups is 1. The van der Waals surface area contributed by atoms with E-state index in [1.54, 1.807) is 6.92 Å². The van der Waals surface area contributed by atoms with Crippen LogP contribution in [0.4, 0.5) is 5.69 Å². The third-order valence-electron chi connectivity index (χ3n) is 5.99. The SMILES string of the molecule is Cc1noc(CCCCCN(C(=O)C2CCCCC2)c2cccc(-c3nc(C)no3)c2)n1. The molecule has 1 saturated carbocycles. The zero-order valence-corrected chi connectivity index (χ0v) is 18.9. The van der Waals surface area contributed by atoms with E-state index in [0.29, 0.717) is 30.0 Å². The third-order valence-corrected chi connectivity index (χ3v) is 5.99. The molecule has 1 aromatic carbocycles. The lowest BCUT2D eigenvalue weighted by molar-refractivity contribution is -0.123. The zero-order chi connectivity index (χ0) is 22.3. The highest BCUT2D eigenvalue weighted by Crippen LogP contribution is 2.30. The number of benzene rings is 1. The Hall–Kier alpha value is -3.03. The summed E-state index contributed by atoms with van der Waals surface area (Å²) < 4.78 is 10.5. The first-order valence-electron chi connectivity index (χ1n) is 11.6. The van der Waals surface area contributed by atoms with E-state index in [0.717, 1.165) is 62.6 Å². The third kappa shape index (κ3) is 5.60. The van der Waals surface area contributed by atoms with Crippen molar-refractivity contribution < 1.29 is 13.8 Å². The zero-order valence-electron chi connectivity index (χ0n) is 18.9. The number of nitrogens with zero attached hydrogens (tertiary/aromatic N) is 5. The molecule has 2 heterocycles. The van der Waals surface area contributed by atoms with Gasteiger partial charge in [0.05, 0.1) is 0 Å². The molecular formula is C24H31N5O3. The fourth-order valence-corrected chi connectivity index (χ4v) is 4.32. The highest BCUT2D eigenvalue weighted by Gasteiger charge is 2.27. The first kappa shape index (κ1) is 22.2. The molecule has 0 bridgehead atoms. The molecule has 2 aromatic heterocycles. The predicted octanol–water partition coefficient (Wildman–Crippen LogP) is 5.06. The number of amides is 1. The van der Waals surface area contributed by atoms with Crippen molar-refractivity contribution in [3.63, 3.8) is 0 Å². The lowest BCUT2D eigenvalue weighted by Gasteiger charge is -2.29. The Morgan fingerprint density at radius 2 is 1.78 bits per heavy atom. The normalized spacial score (nSPS) is 14.6. The molecule has 0 saturated heterocycles. The molecule has 0 unspecified atom stereocenters. The van der Waals surface area contributed by atoms with Crippen molar-refractivity contribution in [2.75, 3.05) is 11.4 Å². The van der Waals surface area contributed by atoms with Crippen molar-refractivity contribution in [2.45, 2.75) is 71.6 Å². The van der Waals surface area contributed by atoms with E-state index in [2.05, 4.69) is 20.3 Å². The van der Waals surface area contributed by atoms with Gasteiger partial charge in [-0.05, 0) is 57.7 Å². The summed E-state index contributed by atoms with van der Waals surface area (Å²) >= 11 is 0. The largest absolute Gasteiger partial charge is 0.339 e. The predicted molar refractivity (Wildman–Crippen MR) is 120 cm³/mol. The Morgan fingerprint density at radius 3 is 2.50 bits per heavy atom. The van der Waals surface area contributed by atoms with Crippen LogP contribution in [0.15, 0.2) is 33.3 Å². The topological polar surface area (TPSA) is 98.2 Å². The van der Waals surface area contributed by atoms with Crippen LogP contribution < -0.4 is 4.90 Å². The quantitative estimate of drug-likeness (QED) is 0.431. The summed E-state index contributed by atoms with van der Waals surface area (Å²) in [5, 5.41) is 7.73. The number of hydrogen-bond acceptors (Lipinski definition) is 7. The molecule has 0 spiro atoms. The second kappa shape index (κ2) is 10.5. The van der Waals surface area contributed by atoms with Crippen molar-refractivity contribution in [3.8, 4) is 11.5 Å². The maximum Gasteiger partial charge on any atom is 0.257 e. The minimum atomic E-state index is 0.111. The number of hydrogen-bond donors (Lipinski definition) is 0. The number of unbranched alkanes of at least 4 members (excludes halogenated alkanes) is 2. The molecule has 1 amide bonds. The molecule has 3 aromatic rings. The molecule has 8 heteroatoms. The van der Waals surface area contributed by atoms with E-state index in [9.17, 15) is 4.79 Å². The highest BCUT2D eigenvalue weighted by molar-refractivity contribution is 5.95. The monoisotopic (exact) mass is 437 g/mol. The number of anilines is 1. The van der Waals surface area contributed by atoms with Crippen molar-refractivity contribution in [3.05, 3.63) is 41.8 Å². The summed E-state index contributed by atoms with van der Waals surface area (Å²) in [7, 11) is 0. The van der Waals surface area contributed by atoms with E-state index in [1.165, 1.54) is 6.42 Å². The van der Waals surface area contributed by atoms with Gasteiger partial charge >= 0.3 is 0 Å². The Kier molecular flexibility index (Phi) is 7.29. The Bertz CT molecular complexity index is 1020. The van der Waals surface area contributed by atoms with Crippen LogP contribution in [0.1, 0.15) is 68.9 Å². The fraction of sp³-hybridized carbons (Fsp3) is 0.542. The summed E-state index contributed by atoms with van der Waals surface area (Å²) in [6, 6.07) is 7.86. The number of rotatable bonds is 9. The van der Waals surface area contributed by atoms with Crippen LogP contribution in [0.25, 0.3) is 11.5 Å². The van der Waals surface area contributed by atoms with Crippen LogP contribution in [0, 0.1) is 19.8 Å². The van der Waals surface area contributed by atoms with Crippen molar-refractivity contribution in [1.82, 2.24) is 20.3 Å². The molecule has 1 aliphatic carbocycles. The lowest BCUT2D eigenvalue weighted by atomic mass is 9.88. The summed E-state index contributed by atoms with van der Waals surface area (Å²) in [5.74, 6) is 2.76. The van der Waals surface area contributed by atoms with Crippen molar-refractivity contribution in [1.29, 1.82) is 0 Å². The minimum Gasteiger partial charge on any atom is -0.339 e. The lowest BCUT2D eigenvalue weighted by Crippen LogP contribution is -2.38. The van der Waals surface area contributed by atoms with Crippen molar-refractivity contribution >= 4 is 11.6 Å². The molecule has 1 aliphatic rings. The average molecular weight is 438 g/mol. The van der Waals surface area contributed by atoms with Crippen LogP contribution >= 0.6 is 0 Å². The van der Waals surface area contributed by atoms with Gasteiger partial charge in [0.15, 0.2) is 11.6 Å². The fourth-order valence-electron chi connectivity index (χ4n) is 4.32. The molecule has 0 radical (unpaired) electrons. The first-order chi connectivity index (χ1) is 15.6. The van der Waals surface area contributed by atoms with Crippen LogP contribution in [0.2, 0.25) is 0 Å². The van der Waals surface area contributed by atoms with Gasteiger partial charge < -0.3 is 13.9 Å². The summed E-state index contributed by atoms with van der Waals surface area (Å²) in [5.41, 5.74) is 1.72. The van der Waals surface area contributed by atoms with E-state index < -0.39 is 0 Å². The van der Waals surface area contributed by atoms with Gasteiger partial charge in [-0.2, -0.15) is 9.97 Å². The summed E-state index contributed by atoms with van der Waals surface area (Å²) in [6.07, 6.45) is 9.07. The number of carbonyl (C=O) groups excluding carboxylic acids is 1. The first-order valence-corrected chi connectivity index (χ1v) is 11.6. The van der Waals surface area contributed by atoms with E-state index in [4.69, 9.17) is 9.05 Å². The molecule has 8 nitrogen and oxygen atoms in total. The van der Waals surface area contributed by atoms with Crippen LogP contribution in [-0.2, 0) is 11.2 Å². The Balaban J connectivity index is 1.44. The van der Waals surface area contributed by atoms with E-state index >= 15 is 0 Å². The highest BCUT2D eigenvalue weighted by atomic mass is 16.5. The molecule has 0 atom stereocenters. The van der Waals surface area contributed by atoms with Gasteiger partial charge in [0.2, 0.25) is 11.8 Å². The van der Waals surface area contributed by atoms with Gasteiger partial charge in [-0.15, -0.1) is 0 Å². The Morgan fingerprint density at radius 1 is 1.00 bits per heavy atom. The Labute approximate surface area is 188 Å². The summed E-state index contributed by atoms with van der Waals surface area (Å²) in [6.45, 7) is 4.31. The van der Waals surface area contributed by atoms with E-state index in [1.807, 2.05) is 36.1 Å². The second-order valence-electron chi connectivity index (χ2n) is 8.57. The maximum atomic E-state index is 13.5. The average Bonchev–Trinajstić information content (AvgIpc) is 3.44. The van der Waals surface area contributed by atoms with E-state index in [-0.39, 0.29) is 11.8 Å². The van der Waals surface area contributed by atoms with Crippen LogP contribution in [-0.4, -0.2) is 32.7 Å². The van der Waals surface area contributed by atoms with Gasteiger partial charge in [-0.3, -0.25) is 4.79 Å². The molecular weight excluding hydrogens is 406 g/mol. The van der Waals surface area contributed by atoms with Crippen LogP contribution in [0.3, 0.4) is 0 Å². The van der Waals surface area contributed by atoms with Crippen molar-refractivity contribution in [2.24, 2.45) is 5.92 Å². The minimum absolute atomic E-state index is 0.111. The molecule has 1 fully saturated rings. The molecule has 32 heavy (non-hydrogen) atoms. The smallest absolute Gasteiger partial charge is 0.257 e. The van der Waals surface area contributed by atoms with Gasteiger partial charge in [0, 0.05) is 30.1 Å². The van der Waals surface area contributed by atoms with Gasteiger partial charge in [-0.25, -0.2) is 0 Å². The molecule has 4 rings (SSSR count). The summed E-state index contributed by atoms with van der Waals surface area (Å²) in [4.78, 5) is 24.0. The van der Waals surface area contributed by atoms with Gasteiger partial charge in [0.25, 0.3) is 5.89 Å². The molecule has 0 aliphatic heterocycles. The van der Waals surface area contributed by atoms with Gasteiger partial charge in [0.1, 0.15) is 0 Å². The second-order valence-corrected chi connectivity index (χ2v) is 8.57. The van der Waals surface area contributed by atoms with Crippen LogP contribution in [0.5, 0.6) is 0 Å². The molecule has 170 valence electrons. The number of aromatic nitrogens is 4. The maximum absolute atomic E-state index is 13.5.